The largest absolute Gasteiger partial charge is 0.480 e. The Hall–Kier alpha value is -2.28. The number of carboxylic acids is 1. The van der Waals surface area contributed by atoms with E-state index in [1.165, 1.54) is 19.3 Å². The Morgan fingerprint density at radius 2 is 1.92 bits per heavy atom. The molecule has 0 aromatic heterocycles. The highest BCUT2D eigenvalue weighted by molar-refractivity contribution is 5.82. The van der Waals surface area contributed by atoms with Crippen LogP contribution in [0.5, 0.6) is 11.5 Å². The number of hydrogen-bond acceptors (Lipinski definition) is 5. The molecule has 0 atom stereocenters. The van der Waals surface area contributed by atoms with Crippen LogP contribution in [0.2, 0.25) is 0 Å². The monoisotopic (exact) mass is 348 g/mol. The highest BCUT2D eigenvalue weighted by atomic mass is 16.7. The molecule has 0 radical (unpaired) electrons. The second-order valence-corrected chi connectivity index (χ2v) is 6.55. The summed E-state index contributed by atoms with van der Waals surface area (Å²) in [5.41, 5.74) is 1.06. The Kier molecular flexibility index (Phi) is 5.75. The van der Waals surface area contributed by atoms with Crippen molar-refractivity contribution in [3.05, 3.63) is 23.8 Å². The van der Waals surface area contributed by atoms with Crippen molar-refractivity contribution in [2.75, 3.05) is 19.9 Å². The molecule has 0 saturated heterocycles. The molecule has 1 aromatic rings. The van der Waals surface area contributed by atoms with E-state index in [2.05, 4.69) is 10.2 Å². The van der Waals surface area contributed by atoms with E-state index in [0.29, 0.717) is 12.6 Å². The zero-order valence-electron chi connectivity index (χ0n) is 14.2. The van der Waals surface area contributed by atoms with Crippen LogP contribution in [0.1, 0.15) is 37.7 Å². The van der Waals surface area contributed by atoms with Gasteiger partial charge in [0, 0.05) is 12.6 Å². The molecule has 3 rings (SSSR count). The molecule has 25 heavy (non-hydrogen) atoms. The minimum atomic E-state index is -1.03. The lowest BCUT2D eigenvalue weighted by Gasteiger charge is -2.34. The Labute approximate surface area is 146 Å². The van der Waals surface area contributed by atoms with Gasteiger partial charge in [-0.15, -0.1) is 0 Å². The molecule has 1 amide bonds. The summed E-state index contributed by atoms with van der Waals surface area (Å²) in [6.07, 6.45) is 5.70. The number of rotatable bonds is 7. The van der Waals surface area contributed by atoms with Crippen molar-refractivity contribution in [3.63, 3.8) is 0 Å². The summed E-state index contributed by atoms with van der Waals surface area (Å²) in [4.78, 5) is 24.9. The highest BCUT2D eigenvalue weighted by Crippen LogP contribution is 2.33. The molecule has 1 aliphatic carbocycles. The van der Waals surface area contributed by atoms with Gasteiger partial charge >= 0.3 is 5.97 Å². The first-order valence-corrected chi connectivity index (χ1v) is 8.73. The summed E-state index contributed by atoms with van der Waals surface area (Å²) in [5.74, 6) is 0.186. The van der Waals surface area contributed by atoms with E-state index in [0.717, 1.165) is 29.9 Å². The van der Waals surface area contributed by atoms with Gasteiger partial charge < -0.3 is 19.9 Å². The fourth-order valence-corrected chi connectivity index (χ4v) is 3.45. The van der Waals surface area contributed by atoms with E-state index in [1.54, 1.807) is 0 Å². The number of amides is 1. The molecule has 0 spiro atoms. The van der Waals surface area contributed by atoms with Crippen LogP contribution in [0.4, 0.5) is 0 Å². The number of benzene rings is 1. The third-order valence-electron chi connectivity index (χ3n) is 4.70. The van der Waals surface area contributed by atoms with Crippen molar-refractivity contribution >= 4 is 11.9 Å². The quantitative estimate of drug-likeness (QED) is 0.780. The van der Waals surface area contributed by atoms with Gasteiger partial charge in [-0.3, -0.25) is 14.5 Å². The van der Waals surface area contributed by atoms with Crippen LogP contribution in [-0.2, 0) is 16.1 Å². The maximum Gasteiger partial charge on any atom is 0.322 e. The molecule has 7 heteroatoms. The smallest absolute Gasteiger partial charge is 0.322 e. The van der Waals surface area contributed by atoms with Crippen LogP contribution in [-0.4, -0.2) is 47.8 Å². The van der Waals surface area contributed by atoms with E-state index in [-0.39, 0.29) is 25.8 Å². The normalized spacial score (nSPS) is 16.8. The molecule has 2 N–H and O–H groups in total. The third kappa shape index (κ3) is 4.85. The number of carboxylic acid groups (broad SMARTS) is 1. The first-order chi connectivity index (χ1) is 12.1. The molecule has 136 valence electrons. The topological polar surface area (TPSA) is 88.1 Å². The lowest BCUT2D eigenvalue weighted by Crippen LogP contribution is -2.44. The van der Waals surface area contributed by atoms with Crippen molar-refractivity contribution in [2.45, 2.75) is 44.7 Å². The minimum absolute atomic E-state index is 0.201. The van der Waals surface area contributed by atoms with Gasteiger partial charge in [-0.25, -0.2) is 0 Å². The van der Waals surface area contributed by atoms with Crippen LogP contribution < -0.4 is 14.8 Å². The van der Waals surface area contributed by atoms with Gasteiger partial charge in [-0.2, -0.15) is 0 Å². The second kappa shape index (κ2) is 8.20. The van der Waals surface area contributed by atoms with E-state index >= 15 is 0 Å². The van der Waals surface area contributed by atoms with Crippen LogP contribution >= 0.6 is 0 Å². The predicted molar refractivity (Wildman–Crippen MR) is 90.5 cm³/mol. The Morgan fingerprint density at radius 1 is 1.16 bits per heavy atom. The van der Waals surface area contributed by atoms with Crippen molar-refractivity contribution in [2.24, 2.45) is 0 Å². The Morgan fingerprint density at radius 3 is 2.68 bits per heavy atom. The van der Waals surface area contributed by atoms with Crippen molar-refractivity contribution in [1.29, 1.82) is 0 Å². The molecule has 0 bridgehead atoms. The lowest BCUT2D eigenvalue weighted by molar-refractivity contribution is -0.138. The van der Waals surface area contributed by atoms with Crippen LogP contribution in [0.25, 0.3) is 0 Å². The maximum absolute atomic E-state index is 12.1. The van der Waals surface area contributed by atoms with Gasteiger partial charge in [0.05, 0.1) is 6.54 Å². The predicted octanol–water partition coefficient (Wildman–Crippen LogP) is 1.75. The van der Waals surface area contributed by atoms with Crippen LogP contribution in [0.15, 0.2) is 18.2 Å². The van der Waals surface area contributed by atoms with Gasteiger partial charge in [-0.05, 0) is 30.5 Å². The van der Waals surface area contributed by atoms with Crippen molar-refractivity contribution < 1.29 is 24.2 Å². The zero-order valence-corrected chi connectivity index (χ0v) is 14.2. The number of nitrogens with zero attached hydrogens (tertiary/aromatic N) is 1. The van der Waals surface area contributed by atoms with E-state index < -0.39 is 5.97 Å². The number of nitrogens with one attached hydrogen (secondary N) is 1. The molecule has 1 heterocycles. The first-order valence-electron chi connectivity index (χ1n) is 8.73. The summed E-state index contributed by atoms with van der Waals surface area (Å²) < 4.78 is 10.8. The fraction of sp³-hybridized carbons (Fsp3) is 0.556. The summed E-state index contributed by atoms with van der Waals surface area (Å²) in [5, 5.41) is 11.2. The van der Waals surface area contributed by atoms with Gasteiger partial charge in [0.25, 0.3) is 0 Å². The molecule has 1 saturated carbocycles. The Bertz CT molecular complexity index is 628. The first kappa shape index (κ1) is 17.5. The van der Waals surface area contributed by atoms with Crippen LogP contribution in [0.3, 0.4) is 0 Å². The lowest BCUT2D eigenvalue weighted by atomic mass is 9.93. The molecule has 2 aliphatic rings. The van der Waals surface area contributed by atoms with Crippen molar-refractivity contribution in [1.82, 2.24) is 10.2 Å². The van der Waals surface area contributed by atoms with E-state index in [9.17, 15) is 9.59 Å². The number of hydrogen-bond donors (Lipinski definition) is 2. The number of ether oxygens (including phenoxy) is 2. The second-order valence-electron chi connectivity index (χ2n) is 6.55. The average Bonchev–Trinajstić information content (AvgIpc) is 3.08. The maximum atomic E-state index is 12.1. The number of fused-ring (bicyclic) bond motifs is 1. The van der Waals surface area contributed by atoms with Gasteiger partial charge in [-0.1, -0.05) is 25.3 Å². The van der Waals surface area contributed by atoms with E-state index in [4.69, 9.17) is 14.6 Å². The van der Waals surface area contributed by atoms with Gasteiger partial charge in [0.1, 0.15) is 6.54 Å². The third-order valence-corrected chi connectivity index (χ3v) is 4.70. The molecular formula is C18H24N2O5. The fourth-order valence-electron chi connectivity index (χ4n) is 3.45. The van der Waals surface area contributed by atoms with Crippen LogP contribution in [0, 0.1) is 0 Å². The number of carbonyl (C=O) groups is 2. The summed E-state index contributed by atoms with van der Waals surface area (Å²) in [7, 11) is 0. The Balaban J connectivity index is 1.67. The molecule has 0 unspecified atom stereocenters. The summed E-state index contributed by atoms with van der Waals surface area (Å²) in [6.45, 7) is 0.721. The highest BCUT2D eigenvalue weighted by Gasteiger charge is 2.24. The number of carbonyl (C=O) groups excluding carboxylic acids is 1. The minimum Gasteiger partial charge on any atom is -0.480 e. The summed E-state index contributed by atoms with van der Waals surface area (Å²) in [6, 6.07) is 6.17. The number of aliphatic carboxylic acids is 1. The summed E-state index contributed by atoms with van der Waals surface area (Å²) >= 11 is 0. The van der Waals surface area contributed by atoms with E-state index in [1.807, 2.05) is 18.2 Å². The van der Waals surface area contributed by atoms with Crippen molar-refractivity contribution in [3.8, 4) is 11.5 Å². The zero-order chi connectivity index (χ0) is 17.6. The standard InChI is InChI=1S/C18H24N2O5/c21-17(19-9-18(22)23)11-20(14-4-2-1-3-5-14)10-13-6-7-15-16(8-13)25-12-24-15/h6-8,14H,1-5,9-12H2,(H,19,21)(H,22,23). The SMILES string of the molecule is O=C(O)CNC(=O)CN(Cc1ccc2c(c1)OCO2)C1CCCCC1. The molecule has 1 aliphatic heterocycles. The molecular weight excluding hydrogens is 324 g/mol. The van der Waals surface area contributed by atoms with Gasteiger partial charge in [0.15, 0.2) is 11.5 Å². The average molecular weight is 348 g/mol. The molecule has 1 aromatic carbocycles. The molecule has 7 nitrogen and oxygen atoms in total. The van der Waals surface area contributed by atoms with Gasteiger partial charge in [0.2, 0.25) is 12.7 Å². The molecule has 1 fully saturated rings.